The summed E-state index contributed by atoms with van der Waals surface area (Å²) in [6.07, 6.45) is -4.01. The third-order valence-electron chi connectivity index (χ3n) is 4.49. The lowest BCUT2D eigenvalue weighted by Crippen LogP contribution is -2.48. The van der Waals surface area contributed by atoms with E-state index in [-0.39, 0.29) is 30.9 Å². The van der Waals surface area contributed by atoms with Crippen LogP contribution < -0.4 is 5.32 Å². The standard InChI is InChI=1S/C20H28F5N5O3/c1-5-29(9-8-28(3)4)16(31)13-30(18(33)20(23,24)25)12-15-10-14(6-7-26-15)11-27-17(32)19(2,21)22/h6-7,10H,5,8-9,11-13H2,1-4H3,(H,27,32). The zero-order chi connectivity index (χ0) is 25.4. The Bertz CT molecular complexity index is 827. The average Bonchev–Trinajstić information content (AvgIpc) is 2.70. The first kappa shape index (κ1) is 28.2. The van der Waals surface area contributed by atoms with E-state index in [4.69, 9.17) is 0 Å². The zero-order valence-electron chi connectivity index (χ0n) is 18.9. The number of hydrogen-bond acceptors (Lipinski definition) is 5. The van der Waals surface area contributed by atoms with Crippen LogP contribution in [0.2, 0.25) is 0 Å². The summed E-state index contributed by atoms with van der Waals surface area (Å²) < 4.78 is 65.3. The molecule has 1 rings (SSSR count). The highest BCUT2D eigenvalue weighted by Gasteiger charge is 2.43. The number of hydrogen-bond donors (Lipinski definition) is 1. The molecular weight excluding hydrogens is 453 g/mol. The van der Waals surface area contributed by atoms with Gasteiger partial charge in [-0.15, -0.1) is 0 Å². The first-order chi connectivity index (χ1) is 15.1. The topological polar surface area (TPSA) is 85.8 Å². The van der Waals surface area contributed by atoms with E-state index in [2.05, 4.69) is 4.98 Å². The van der Waals surface area contributed by atoms with Gasteiger partial charge in [0.05, 0.1) is 12.2 Å². The van der Waals surface area contributed by atoms with Gasteiger partial charge in [-0.25, -0.2) is 0 Å². The average molecular weight is 481 g/mol. The highest BCUT2D eigenvalue weighted by Crippen LogP contribution is 2.20. The zero-order valence-corrected chi connectivity index (χ0v) is 18.9. The molecule has 8 nitrogen and oxygen atoms in total. The Labute approximate surface area is 188 Å². The van der Waals surface area contributed by atoms with Crippen LogP contribution in [-0.2, 0) is 27.5 Å². The van der Waals surface area contributed by atoms with Gasteiger partial charge in [-0.05, 0) is 38.7 Å². The molecule has 3 amide bonds. The van der Waals surface area contributed by atoms with Crippen LogP contribution in [0.1, 0.15) is 25.1 Å². The normalized spacial score (nSPS) is 11.9. The van der Waals surface area contributed by atoms with Gasteiger partial charge in [0.1, 0.15) is 6.54 Å². The minimum atomic E-state index is -5.21. The van der Waals surface area contributed by atoms with Crippen molar-refractivity contribution < 1.29 is 36.3 Å². The van der Waals surface area contributed by atoms with Crippen molar-refractivity contribution in [1.29, 1.82) is 0 Å². The fraction of sp³-hybridized carbons (Fsp3) is 0.600. The largest absolute Gasteiger partial charge is 0.471 e. The maximum Gasteiger partial charge on any atom is 0.471 e. The van der Waals surface area contributed by atoms with E-state index in [0.29, 0.717) is 18.4 Å². The number of nitrogens with one attached hydrogen (secondary N) is 1. The first-order valence-corrected chi connectivity index (χ1v) is 10.0. The van der Waals surface area contributed by atoms with E-state index in [0.717, 1.165) is 0 Å². The summed E-state index contributed by atoms with van der Waals surface area (Å²) in [4.78, 5) is 43.2. The van der Waals surface area contributed by atoms with Crippen molar-refractivity contribution in [2.24, 2.45) is 0 Å². The summed E-state index contributed by atoms with van der Waals surface area (Å²) in [6.45, 7) is 1.32. The smallest absolute Gasteiger partial charge is 0.347 e. The van der Waals surface area contributed by atoms with Gasteiger partial charge < -0.3 is 20.0 Å². The van der Waals surface area contributed by atoms with Crippen LogP contribution >= 0.6 is 0 Å². The molecule has 13 heteroatoms. The van der Waals surface area contributed by atoms with Crippen LogP contribution in [-0.4, -0.2) is 89.8 Å². The van der Waals surface area contributed by atoms with E-state index < -0.39 is 42.9 Å². The quantitative estimate of drug-likeness (QED) is 0.486. The minimum absolute atomic E-state index is 0.00764. The van der Waals surface area contributed by atoms with Crippen LogP contribution in [0, 0.1) is 0 Å². The van der Waals surface area contributed by atoms with Gasteiger partial charge in [-0.3, -0.25) is 19.4 Å². The van der Waals surface area contributed by atoms with E-state index >= 15 is 0 Å². The van der Waals surface area contributed by atoms with Crippen molar-refractivity contribution >= 4 is 17.7 Å². The molecule has 1 heterocycles. The van der Waals surface area contributed by atoms with E-state index in [1.54, 1.807) is 25.9 Å². The number of carbonyl (C=O) groups is 3. The maximum absolute atomic E-state index is 13.1. The molecule has 0 atom stereocenters. The Morgan fingerprint density at radius 3 is 2.21 bits per heavy atom. The first-order valence-electron chi connectivity index (χ1n) is 10.0. The summed E-state index contributed by atoms with van der Waals surface area (Å²) in [5, 5.41) is 2.00. The molecular formula is C20H28F5N5O3. The molecule has 0 saturated heterocycles. The highest BCUT2D eigenvalue weighted by molar-refractivity contribution is 5.87. The molecule has 0 fully saturated rings. The van der Waals surface area contributed by atoms with Gasteiger partial charge in [0.2, 0.25) is 5.91 Å². The molecule has 0 aliphatic rings. The Morgan fingerprint density at radius 2 is 1.70 bits per heavy atom. The number of aromatic nitrogens is 1. The molecule has 0 bridgehead atoms. The lowest BCUT2D eigenvalue weighted by Gasteiger charge is -2.28. The lowest BCUT2D eigenvalue weighted by atomic mass is 10.2. The highest BCUT2D eigenvalue weighted by atomic mass is 19.4. The van der Waals surface area contributed by atoms with Gasteiger partial charge in [0, 0.05) is 39.3 Å². The number of amides is 3. The van der Waals surface area contributed by atoms with Crippen molar-refractivity contribution in [3.8, 4) is 0 Å². The van der Waals surface area contributed by atoms with Gasteiger partial charge in [-0.2, -0.15) is 22.0 Å². The number of rotatable bonds is 11. The molecule has 1 N–H and O–H groups in total. The Kier molecular flexibility index (Phi) is 10.1. The van der Waals surface area contributed by atoms with Gasteiger partial charge in [-0.1, -0.05) is 0 Å². The third kappa shape index (κ3) is 9.68. The molecule has 0 aliphatic carbocycles. The number of pyridine rings is 1. The molecule has 0 aliphatic heterocycles. The monoisotopic (exact) mass is 481 g/mol. The fourth-order valence-corrected chi connectivity index (χ4v) is 2.68. The molecule has 0 aromatic carbocycles. The second-order valence-electron chi connectivity index (χ2n) is 7.66. The lowest BCUT2D eigenvalue weighted by molar-refractivity contribution is -0.187. The van der Waals surface area contributed by atoms with Crippen LogP contribution in [0.4, 0.5) is 22.0 Å². The van der Waals surface area contributed by atoms with Gasteiger partial charge in [0.25, 0.3) is 5.91 Å². The SMILES string of the molecule is CCN(CCN(C)C)C(=O)CN(Cc1cc(CNC(=O)C(C)(F)F)ccn1)C(=O)C(F)(F)F. The summed E-state index contributed by atoms with van der Waals surface area (Å²) in [5.41, 5.74) is 0.274. The van der Waals surface area contributed by atoms with Gasteiger partial charge >= 0.3 is 18.0 Å². The number of halogens is 5. The fourth-order valence-electron chi connectivity index (χ4n) is 2.68. The summed E-state index contributed by atoms with van der Waals surface area (Å²) in [5.74, 6) is -7.97. The number of alkyl halides is 5. The Morgan fingerprint density at radius 1 is 1.06 bits per heavy atom. The summed E-state index contributed by atoms with van der Waals surface area (Å²) >= 11 is 0. The number of carbonyl (C=O) groups excluding carboxylic acids is 3. The van der Waals surface area contributed by atoms with Crippen molar-refractivity contribution in [2.75, 3.05) is 40.3 Å². The molecule has 0 spiro atoms. The second kappa shape index (κ2) is 11.9. The summed E-state index contributed by atoms with van der Waals surface area (Å²) in [6, 6.07) is 2.64. The molecule has 0 saturated carbocycles. The summed E-state index contributed by atoms with van der Waals surface area (Å²) in [7, 11) is 3.56. The van der Waals surface area contributed by atoms with Crippen molar-refractivity contribution in [3.05, 3.63) is 29.6 Å². The van der Waals surface area contributed by atoms with Crippen molar-refractivity contribution in [2.45, 2.75) is 39.0 Å². The Balaban J connectivity index is 3.00. The van der Waals surface area contributed by atoms with Crippen molar-refractivity contribution in [3.63, 3.8) is 0 Å². The third-order valence-corrected chi connectivity index (χ3v) is 4.49. The van der Waals surface area contributed by atoms with Crippen LogP contribution in [0.25, 0.3) is 0 Å². The number of likely N-dealkylation sites (N-methyl/N-ethyl adjacent to an activating group) is 2. The van der Waals surface area contributed by atoms with Crippen LogP contribution in [0.3, 0.4) is 0 Å². The van der Waals surface area contributed by atoms with E-state index in [1.807, 2.05) is 5.32 Å². The molecule has 1 aromatic heterocycles. The van der Waals surface area contributed by atoms with Crippen molar-refractivity contribution in [1.82, 2.24) is 25.0 Å². The molecule has 0 radical (unpaired) electrons. The number of nitrogens with zero attached hydrogens (tertiary/aromatic N) is 4. The molecule has 186 valence electrons. The Hall–Kier alpha value is -2.83. The molecule has 1 aromatic rings. The predicted octanol–water partition coefficient (Wildman–Crippen LogP) is 1.65. The van der Waals surface area contributed by atoms with Crippen LogP contribution in [0.5, 0.6) is 0 Å². The predicted molar refractivity (Wildman–Crippen MR) is 109 cm³/mol. The molecule has 33 heavy (non-hydrogen) atoms. The minimum Gasteiger partial charge on any atom is -0.347 e. The molecule has 0 unspecified atom stereocenters. The van der Waals surface area contributed by atoms with Gasteiger partial charge in [0.15, 0.2) is 0 Å². The second-order valence-corrected chi connectivity index (χ2v) is 7.66. The van der Waals surface area contributed by atoms with Crippen LogP contribution in [0.15, 0.2) is 18.3 Å². The van der Waals surface area contributed by atoms with E-state index in [1.165, 1.54) is 23.2 Å². The van der Waals surface area contributed by atoms with E-state index in [9.17, 15) is 36.3 Å². The maximum atomic E-state index is 13.1.